The van der Waals surface area contributed by atoms with Gasteiger partial charge in [0.1, 0.15) is 6.61 Å². The number of carbonyl (C=O) groups excluding carboxylic acids is 1. The predicted molar refractivity (Wildman–Crippen MR) is 68.8 cm³/mol. The first-order valence-corrected chi connectivity index (χ1v) is 7.93. The Kier molecular flexibility index (Phi) is 6.17. The van der Waals surface area contributed by atoms with Gasteiger partial charge in [-0.2, -0.15) is 17.4 Å². The van der Waals surface area contributed by atoms with Crippen LogP contribution in [-0.2, 0) is 14.9 Å². The molecule has 1 aliphatic carbocycles. The van der Waals surface area contributed by atoms with E-state index < -0.39 is 16.3 Å². The van der Waals surface area contributed by atoms with Crippen molar-refractivity contribution in [1.82, 2.24) is 9.03 Å². The summed E-state index contributed by atoms with van der Waals surface area (Å²) in [5, 5.41) is 0. The first kappa shape index (κ1) is 15.5. The van der Waals surface area contributed by atoms with Crippen LogP contribution < -0.4 is 4.72 Å². The van der Waals surface area contributed by atoms with Gasteiger partial charge in [-0.1, -0.05) is 19.3 Å². The van der Waals surface area contributed by atoms with Crippen LogP contribution in [-0.4, -0.2) is 44.4 Å². The van der Waals surface area contributed by atoms with E-state index in [1.54, 1.807) is 0 Å². The summed E-state index contributed by atoms with van der Waals surface area (Å²) in [5.41, 5.74) is 0. The van der Waals surface area contributed by atoms with Gasteiger partial charge in [0, 0.05) is 13.1 Å². The lowest BCUT2D eigenvalue weighted by atomic mass is 9.96. The zero-order valence-electron chi connectivity index (χ0n) is 10.4. The molecule has 1 amide bonds. The van der Waals surface area contributed by atoms with Crippen molar-refractivity contribution in [3.8, 4) is 0 Å². The Morgan fingerprint density at radius 3 is 2.56 bits per heavy atom. The zero-order valence-corrected chi connectivity index (χ0v) is 12.0. The van der Waals surface area contributed by atoms with Crippen molar-refractivity contribution in [3.63, 3.8) is 0 Å². The molecule has 1 aliphatic rings. The second kappa shape index (κ2) is 7.16. The van der Waals surface area contributed by atoms with Crippen molar-refractivity contribution < 1.29 is 17.9 Å². The molecule has 0 radical (unpaired) electrons. The van der Waals surface area contributed by atoms with Crippen molar-refractivity contribution in [2.24, 2.45) is 0 Å². The predicted octanol–water partition coefficient (Wildman–Crippen LogP) is 1.46. The van der Waals surface area contributed by atoms with Crippen LogP contribution in [0.2, 0.25) is 0 Å². The highest BCUT2D eigenvalue weighted by Crippen LogP contribution is 2.18. The number of halogens is 1. The van der Waals surface area contributed by atoms with E-state index >= 15 is 0 Å². The van der Waals surface area contributed by atoms with Gasteiger partial charge in [0.15, 0.2) is 0 Å². The van der Waals surface area contributed by atoms with Crippen LogP contribution >= 0.6 is 11.6 Å². The van der Waals surface area contributed by atoms with E-state index in [-0.39, 0.29) is 18.5 Å². The number of rotatable bonds is 5. The van der Waals surface area contributed by atoms with Gasteiger partial charge in [0.05, 0.1) is 5.88 Å². The van der Waals surface area contributed by atoms with Crippen molar-refractivity contribution in [1.29, 1.82) is 0 Å². The highest BCUT2D eigenvalue weighted by atomic mass is 35.5. The molecule has 106 valence electrons. The molecule has 0 saturated heterocycles. The molecule has 1 rings (SSSR count). The summed E-state index contributed by atoms with van der Waals surface area (Å²) >= 11 is 5.36. The van der Waals surface area contributed by atoms with Gasteiger partial charge in [-0.25, -0.2) is 4.79 Å². The lowest BCUT2D eigenvalue weighted by Crippen LogP contribution is -2.46. The van der Waals surface area contributed by atoms with Gasteiger partial charge >= 0.3 is 16.3 Å². The summed E-state index contributed by atoms with van der Waals surface area (Å²) in [5.74, 6) is 0.135. The SMILES string of the molecule is CN(C(=O)OCCCl)S(=O)(=O)NC1CCCCC1. The third-order valence-corrected chi connectivity index (χ3v) is 4.50. The van der Waals surface area contributed by atoms with Gasteiger partial charge < -0.3 is 4.74 Å². The molecule has 0 aromatic heterocycles. The second-order valence-corrected chi connectivity index (χ2v) is 6.34. The van der Waals surface area contributed by atoms with Crippen molar-refractivity contribution >= 4 is 27.9 Å². The van der Waals surface area contributed by atoms with Crippen LogP contribution in [0, 0.1) is 0 Å². The fraction of sp³-hybridized carbons (Fsp3) is 0.900. The standard InChI is InChI=1S/C10H19ClN2O4S/c1-13(10(14)17-8-7-11)18(15,16)12-9-5-3-2-4-6-9/h9,12H,2-8H2,1H3. The molecule has 18 heavy (non-hydrogen) atoms. The van der Waals surface area contributed by atoms with Crippen molar-refractivity contribution in [3.05, 3.63) is 0 Å². The summed E-state index contributed by atoms with van der Waals surface area (Å²) in [4.78, 5) is 11.4. The third kappa shape index (κ3) is 4.62. The number of hydrogen-bond acceptors (Lipinski definition) is 4. The van der Waals surface area contributed by atoms with Crippen LogP contribution in [0.1, 0.15) is 32.1 Å². The van der Waals surface area contributed by atoms with E-state index in [9.17, 15) is 13.2 Å². The van der Waals surface area contributed by atoms with E-state index in [0.29, 0.717) is 4.31 Å². The molecule has 1 N–H and O–H groups in total. The smallest absolute Gasteiger partial charge is 0.424 e. The molecule has 0 heterocycles. The molecule has 0 atom stereocenters. The van der Waals surface area contributed by atoms with Crippen LogP contribution in [0.5, 0.6) is 0 Å². The van der Waals surface area contributed by atoms with Gasteiger partial charge in [-0.05, 0) is 12.8 Å². The number of nitrogens with zero attached hydrogens (tertiary/aromatic N) is 1. The Morgan fingerprint density at radius 1 is 1.39 bits per heavy atom. The minimum absolute atomic E-state index is 0.0102. The first-order valence-electron chi connectivity index (χ1n) is 5.96. The molecular formula is C10H19ClN2O4S. The molecule has 0 aromatic rings. The number of amides is 1. The monoisotopic (exact) mass is 298 g/mol. The average Bonchev–Trinajstić information content (AvgIpc) is 2.35. The minimum Gasteiger partial charge on any atom is -0.447 e. The molecule has 1 fully saturated rings. The Labute approximate surface area is 113 Å². The van der Waals surface area contributed by atoms with Crippen LogP contribution in [0.4, 0.5) is 4.79 Å². The Morgan fingerprint density at radius 2 is 2.00 bits per heavy atom. The van der Waals surface area contributed by atoms with Gasteiger partial charge in [-0.15, -0.1) is 11.6 Å². The van der Waals surface area contributed by atoms with E-state index in [1.807, 2.05) is 0 Å². The number of ether oxygens (including phenoxy) is 1. The molecule has 0 unspecified atom stereocenters. The highest BCUT2D eigenvalue weighted by Gasteiger charge is 2.28. The summed E-state index contributed by atoms with van der Waals surface area (Å²) in [6, 6.07) is -0.0907. The van der Waals surface area contributed by atoms with E-state index in [0.717, 1.165) is 32.1 Å². The number of hydrogen-bond donors (Lipinski definition) is 1. The molecular weight excluding hydrogens is 280 g/mol. The van der Waals surface area contributed by atoms with E-state index in [2.05, 4.69) is 9.46 Å². The zero-order chi connectivity index (χ0) is 13.6. The molecule has 1 saturated carbocycles. The number of carbonyl (C=O) groups is 1. The molecule has 0 spiro atoms. The number of alkyl halides is 1. The van der Waals surface area contributed by atoms with Gasteiger partial charge in [-0.3, -0.25) is 0 Å². The number of nitrogens with one attached hydrogen (secondary N) is 1. The van der Waals surface area contributed by atoms with E-state index in [1.165, 1.54) is 7.05 Å². The van der Waals surface area contributed by atoms with Crippen molar-refractivity contribution in [2.45, 2.75) is 38.1 Å². The summed E-state index contributed by atoms with van der Waals surface area (Å²) in [7, 11) is -2.66. The minimum atomic E-state index is -3.82. The summed E-state index contributed by atoms with van der Waals surface area (Å²) < 4.78 is 31.5. The Bertz CT molecular complexity index is 368. The molecule has 0 aliphatic heterocycles. The van der Waals surface area contributed by atoms with Crippen LogP contribution in [0.25, 0.3) is 0 Å². The summed E-state index contributed by atoms with van der Waals surface area (Å²) in [6.45, 7) is -0.0102. The second-order valence-electron chi connectivity index (χ2n) is 4.23. The maximum Gasteiger partial charge on any atom is 0.424 e. The Balaban J connectivity index is 2.53. The molecule has 8 heteroatoms. The normalized spacial score (nSPS) is 17.4. The topological polar surface area (TPSA) is 75.7 Å². The van der Waals surface area contributed by atoms with E-state index in [4.69, 9.17) is 11.6 Å². The fourth-order valence-electron chi connectivity index (χ4n) is 1.83. The Hall–Kier alpha value is -0.530. The molecule has 0 aromatic carbocycles. The largest absolute Gasteiger partial charge is 0.447 e. The maximum atomic E-state index is 11.9. The van der Waals surface area contributed by atoms with Gasteiger partial charge in [0.2, 0.25) is 0 Å². The van der Waals surface area contributed by atoms with Gasteiger partial charge in [0.25, 0.3) is 0 Å². The molecule has 6 nitrogen and oxygen atoms in total. The quantitative estimate of drug-likeness (QED) is 0.780. The lowest BCUT2D eigenvalue weighted by Gasteiger charge is -2.25. The third-order valence-electron chi connectivity index (χ3n) is 2.84. The first-order chi connectivity index (χ1) is 8.47. The van der Waals surface area contributed by atoms with Crippen LogP contribution in [0.3, 0.4) is 0 Å². The van der Waals surface area contributed by atoms with Crippen LogP contribution in [0.15, 0.2) is 0 Å². The summed E-state index contributed by atoms with van der Waals surface area (Å²) in [6.07, 6.45) is 3.85. The lowest BCUT2D eigenvalue weighted by molar-refractivity contribution is 0.136. The molecule has 0 bridgehead atoms. The fourth-order valence-corrected chi connectivity index (χ4v) is 2.97. The average molecular weight is 299 g/mol. The highest BCUT2D eigenvalue weighted by molar-refractivity contribution is 7.87. The maximum absolute atomic E-state index is 11.9. The van der Waals surface area contributed by atoms with Crippen molar-refractivity contribution in [2.75, 3.05) is 19.5 Å².